The molecule has 1 fully saturated rings. The summed E-state index contributed by atoms with van der Waals surface area (Å²) in [5, 5.41) is 0. The van der Waals surface area contributed by atoms with Gasteiger partial charge in [0.25, 0.3) is 0 Å². The Hall–Kier alpha value is -0.160. The number of ether oxygens (including phenoxy) is 1. The van der Waals surface area contributed by atoms with Crippen LogP contribution in [0.3, 0.4) is 0 Å². The van der Waals surface area contributed by atoms with Crippen molar-refractivity contribution in [3.05, 3.63) is 35.4 Å². The predicted octanol–water partition coefficient (Wildman–Crippen LogP) is 4.69. The van der Waals surface area contributed by atoms with Crippen molar-refractivity contribution >= 4 is 34.8 Å². The molecule has 2 rings (SSSR count). The SMILES string of the molecule is FC(F)(F)c1cccc(C2(CC(Cl)(Cl)Cl)CO2)c1. The van der Waals surface area contributed by atoms with Crippen LogP contribution in [0.4, 0.5) is 13.2 Å². The van der Waals surface area contributed by atoms with Gasteiger partial charge in [-0.2, -0.15) is 13.2 Å². The summed E-state index contributed by atoms with van der Waals surface area (Å²) in [7, 11) is 0. The Labute approximate surface area is 117 Å². The van der Waals surface area contributed by atoms with Crippen molar-refractivity contribution < 1.29 is 17.9 Å². The predicted molar refractivity (Wildman–Crippen MR) is 64.0 cm³/mol. The van der Waals surface area contributed by atoms with E-state index < -0.39 is 21.1 Å². The van der Waals surface area contributed by atoms with E-state index in [1.165, 1.54) is 6.07 Å². The summed E-state index contributed by atoms with van der Waals surface area (Å²) < 4.78 is 41.4. The Bertz CT molecular complexity index is 450. The highest BCUT2D eigenvalue weighted by Gasteiger charge is 2.51. The number of hydrogen-bond donors (Lipinski definition) is 0. The van der Waals surface area contributed by atoms with E-state index in [0.29, 0.717) is 5.56 Å². The molecule has 1 aromatic carbocycles. The number of epoxide rings is 1. The van der Waals surface area contributed by atoms with Crippen molar-refractivity contribution in [2.45, 2.75) is 22.0 Å². The molecule has 1 aromatic rings. The molecule has 1 heterocycles. The number of halogens is 6. The van der Waals surface area contributed by atoms with E-state index in [-0.39, 0.29) is 13.0 Å². The van der Waals surface area contributed by atoms with E-state index in [1.807, 2.05) is 0 Å². The average Bonchev–Trinajstić information content (AvgIpc) is 2.95. The van der Waals surface area contributed by atoms with Gasteiger partial charge in [0.05, 0.1) is 12.2 Å². The minimum Gasteiger partial charge on any atom is -0.364 e. The highest BCUT2D eigenvalue weighted by Crippen LogP contribution is 2.50. The lowest BCUT2D eigenvalue weighted by atomic mass is 9.95. The Kier molecular flexibility index (Phi) is 3.52. The molecule has 1 nitrogen and oxygen atoms in total. The smallest absolute Gasteiger partial charge is 0.364 e. The maximum Gasteiger partial charge on any atom is 0.416 e. The molecule has 18 heavy (non-hydrogen) atoms. The van der Waals surface area contributed by atoms with Gasteiger partial charge in [-0.15, -0.1) is 0 Å². The molecule has 1 saturated heterocycles. The second-order valence-electron chi connectivity index (χ2n) is 4.15. The lowest BCUT2D eigenvalue weighted by molar-refractivity contribution is -0.137. The van der Waals surface area contributed by atoms with Gasteiger partial charge in [0.15, 0.2) is 3.79 Å². The standard InChI is InChI=1S/C11H8Cl3F3O/c12-10(13,14)5-9(6-18-9)7-2-1-3-8(4-7)11(15,16)17/h1-4H,5-6H2. The van der Waals surface area contributed by atoms with Crippen molar-refractivity contribution in [1.29, 1.82) is 0 Å². The Balaban J connectivity index is 2.29. The average molecular weight is 320 g/mol. The quantitative estimate of drug-likeness (QED) is 0.569. The Morgan fingerprint density at radius 1 is 1.22 bits per heavy atom. The first kappa shape index (κ1) is 14.3. The summed E-state index contributed by atoms with van der Waals surface area (Å²) in [4.78, 5) is 0. The van der Waals surface area contributed by atoms with Gasteiger partial charge >= 0.3 is 6.18 Å². The molecule has 0 bridgehead atoms. The number of alkyl halides is 6. The fraction of sp³-hybridized carbons (Fsp3) is 0.455. The van der Waals surface area contributed by atoms with Gasteiger partial charge < -0.3 is 4.74 Å². The second kappa shape index (κ2) is 4.44. The summed E-state index contributed by atoms with van der Waals surface area (Å²) >= 11 is 17.0. The van der Waals surface area contributed by atoms with Gasteiger partial charge in [-0.3, -0.25) is 0 Å². The maximum atomic E-state index is 12.6. The first-order valence-corrected chi connectivity index (χ1v) is 6.14. The van der Waals surface area contributed by atoms with E-state index in [0.717, 1.165) is 12.1 Å². The molecule has 1 aliphatic rings. The van der Waals surface area contributed by atoms with Crippen LogP contribution in [0.25, 0.3) is 0 Å². The van der Waals surface area contributed by atoms with E-state index in [9.17, 15) is 13.2 Å². The summed E-state index contributed by atoms with van der Waals surface area (Å²) in [6.07, 6.45) is -4.38. The van der Waals surface area contributed by atoms with Crippen LogP contribution in [0.1, 0.15) is 17.5 Å². The van der Waals surface area contributed by atoms with Crippen LogP contribution in [-0.4, -0.2) is 10.4 Å². The number of rotatable bonds is 2. The van der Waals surface area contributed by atoms with E-state index in [2.05, 4.69) is 0 Å². The molecule has 0 amide bonds. The highest BCUT2D eigenvalue weighted by molar-refractivity contribution is 6.67. The fourth-order valence-electron chi connectivity index (χ4n) is 1.76. The molecule has 0 radical (unpaired) electrons. The molecule has 1 atom stereocenters. The van der Waals surface area contributed by atoms with E-state index in [4.69, 9.17) is 39.5 Å². The largest absolute Gasteiger partial charge is 0.416 e. The van der Waals surface area contributed by atoms with Gasteiger partial charge in [0.1, 0.15) is 5.60 Å². The first-order chi connectivity index (χ1) is 8.12. The van der Waals surface area contributed by atoms with E-state index >= 15 is 0 Å². The molecule has 0 aromatic heterocycles. The third kappa shape index (κ3) is 3.23. The molecule has 0 spiro atoms. The van der Waals surface area contributed by atoms with Crippen LogP contribution >= 0.6 is 34.8 Å². The minimum atomic E-state index is -4.40. The molecule has 1 aliphatic heterocycles. The topological polar surface area (TPSA) is 12.5 Å². The third-order valence-corrected chi connectivity index (χ3v) is 3.10. The van der Waals surface area contributed by atoms with Crippen molar-refractivity contribution in [3.63, 3.8) is 0 Å². The lowest BCUT2D eigenvalue weighted by Gasteiger charge is -2.19. The Morgan fingerprint density at radius 2 is 1.83 bits per heavy atom. The first-order valence-electron chi connectivity index (χ1n) is 5.01. The number of benzene rings is 1. The van der Waals surface area contributed by atoms with Crippen molar-refractivity contribution in [2.24, 2.45) is 0 Å². The van der Waals surface area contributed by atoms with Crippen molar-refractivity contribution in [1.82, 2.24) is 0 Å². The summed E-state index contributed by atoms with van der Waals surface area (Å²) in [6, 6.07) is 4.89. The van der Waals surface area contributed by atoms with Crippen molar-refractivity contribution in [2.75, 3.05) is 6.61 Å². The van der Waals surface area contributed by atoms with Gasteiger partial charge in [0.2, 0.25) is 0 Å². The van der Waals surface area contributed by atoms with Crippen LogP contribution in [0.5, 0.6) is 0 Å². The Morgan fingerprint density at radius 3 is 2.28 bits per heavy atom. The zero-order chi connectivity index (χ0) is 13.6. The normalized spacial score (nSPS) is 24.1. The molecule has 0 aliphatic carbocycles. The van der Waals surface area contributed by atoms with Crippen molar-refractivity contribution in [3.8, 4) is 0 Å². The molecule has 100 valence electrons. The third-order valence-electron chi connectivity index (χ3n) is 2.69. The molecule has 7 heteroatoms. The van der Waals surface area contributed by atoms with Crippen LogP contribution in [0.2, 0.25) is 0 Å². The molecule has 0 saturated carbocycles. The monoisotopic (exact) mass is 318 g/mol. The second-order valence-corrected chi connectivity index (χ2v) is 6.67. The molecule has 1 unspecified atom stereocenters. The fourth-order valence-corrected chi connectivity index (χ4v) is 2.41. The lowest BCUT2D eigenvalue weighted by Crippen LogP contribution is -2.19. The number of hydrogen-bond acceptors (Lipinski definition) is 1. The van der Waals surface area contributed by atoms with Crippen LogP contribution in [-0.2, 0) is 16.5 Å². The van der Waals surface area contributed by atoms with Gasteiger partial charge in [-0.25, -0.2) is 0 Å². The van der Waals surface area contributed by atoms with E-state index in [1.54, 1.807) is 6.07 Å². The molecular formula is C11H8Cl3F3O. The zero-order valence-corrected chi connectivity index (χ0v) is 11.2. The maximum absolute atomic E-state index is 12.6. The highest BCUT2D eigenvalue weighted by atomic mass is 35.6. The van der Waals surface area contributed by atoms with Gasteiger partial charge in [-0.1, -0.05) is 46.9 Å². The summed E-state index contributed by atoms with van der Waals surface area (Å²) in [5.74, 6) is 0. The van der Waals surface area contributed by atoms with Gasteiger partial charge in [0, 0.05) is 6.42 Å². The van der Waals surface area contributed by atoms with Gasteiger partial charge in [-0.05, 0) is 17.7 Å². The summed E-state index contributed by atoms with van der Waals surface area (Å²) in [5.41, 5.74) is -1.27. The van der Waals surface area contributed by atoms with Crippen LogP contribution in [0, 0.1) is 0 Å². The summed E-state index contributed by atoms with van der Waals surface area (Å²) in [6.45, 7) is 0.252. The minimum absolute atomic E-state index is 0.0198. The molecule has 0 N–H and O–H groups in total. The molecular weight excluding hydrogens is 311 g/mol. The van der Waals surface area contributed by atoms with Crippen LogP contribution in [0.15, 0.2) is 24.3 Å². The van der Waals surface area contributed by atoms with Crippen LogP contribution < -0.4 is 0 Å². The zero-order valence-electron chi connectivity index (χ0n) is 8.90.